The van der Waals surface area contributed by atoms with Crippen molar-refractivity contribution >= 4 is 23.2 Å². The van der Waals surface area contributed by atoms with Crippen molar-refractivity contribution in [3.8, 4) is 0 Å². The molecule has 3 rings (SSSR count). The average Bonchev–Trinajstić information content (AvgIpc) is 3.11. The van der Waals surface area contributed by atoms with Gasteiger partial charge in [0, 0.05) is 18.3 Å². The van der Waals surface area contributed by atoms with Gasteiger partial charge in [0.25, 0.3) is 0 Å². The normalized spacial score (nSPS) is 15.7. The van der Waals surface area contributed by atoms with Gasteiger partial charge in [-0.25, -0.2) is 0 Å². The van der Waals surface area contributed by atoms with Crippen LogP contribution >= 0.6 is 0 Å². The molecule has 26 heavy (non-hydrogen) atoms. The van der Waals surface area contributed by atoms with Crippen LogP contribution in [0.4, 0.5) is 11.4 Å². The average molecular weight is 349 g/mol. The van der Waals surface area contributed by atoms with Crippen molar-refractivity contribution in [3.63, 3.8) is 0 Å². The zero-order valence-corrected chi connectivity index (χ0v) is 14.9. The lowest BCUT2D eigenvalue weighted by molar-refractivity contribution is -0.117. The minimum Gasteiger partial charge on any atom is -0.324 e. The molecule has 0 radical (unpaired) electrons. The maximum atomic E-state index is 12.3. The summed E-state index contributed by atoms with van der Waals surface area (Å²) in [6.45, 7) is 1.91. The number of nitrogens with zero attached hydrogens (tertiary/aromatic N) is 1. The van der Waals surface area contributed by atoms with E-state index in [0.717, 1.165) is 24.1 Å². The Morgan fingerprint density at radius 3 is 2.42 bits per heavy atom. The van der Waals surface area contributed by atoms with Crippen LogP contribution < -0.4 is 10.6 Å². The first-order valence-electron chi connectivity index (χ1n) is 8.87. The van der Waals surface area contributed by atoms with Gasteiger partial charge in [-0.15, -0.1) is 0 Å². The van der Waals surface area contributed by atoms with Crippen molar-refractivity contribution in [2.45, 2.75) is 32.6 Å². The fourth-order valence-corrected chi connectivity index (χ4v) is 2.99. The van der Waals surface area contributed by atoms with Crippen LogP contribution in [0, 0.1) is 12.8 Å². The number of anilines is 2. The van der Waals surface area contributed by atoms with Gasteiger partial charge in [0.2, 0.25) is 11.8 Å². The van der Waals surface area contributed by atoms with E-state index in [-0.39, 0.29) is 18.2 Å². The van der Waals surface area contributed by atoms with Gasteiger partial charge >= 0.3 is 0 Å². The predicted octanol–water partition coefficient (Wildman–Crippen LogP) is 3.87. The van der Waals surface area contributed by atoms with Crippen molar-refractivity contribution in [1.82, 2.24) is 4.98 Å². The molecule has 0 saturated heterocycles. The van der Waals surface area contributed by atoms with Gasteiger partial charge in [-0.1, -0.05) is 30.4 Å². The Morgan fingerprint density at radius 1 is 1.08 bits per heavy atom. The molecule has 1 unspecified atom stereocenters. The third kappa shape index (κ3) is 5.02. The first-order valence-corrected chi connectivity index (χ1v) is 8.87. The molecule has 0 spiro atoms. The second-order valence-electron chi connectivity index (χ2n) is 6.60. The molecular weight excluding hydrogens is 326 g/mol. The fraction of sp³-hybridized carbons (Fsp3) is 0.286. The second kappa shape index (κ2) is 8.43. The number of carbonyl (C=O) groups excluding carboxylic acids is 2. The zero-order valence-electron chi connectivity index (χ0n) is 14.9. The maximum Gasteiger partial charge on any atom is 0.228 e. The molecule has 1 aliphatic carbocycles. The summed E-state index contributed by atoms with van der Waals surface area (Å²) >= 11 is 0. The van der Waals surface area contributed by atoms with Gasteiger partial charge in [0.15, 0.2) is 0 Å². The van der Waals surface area contributed by atoms with Crippen LogP contribution in [-0.2, 0) is 16.0 Å². The molecule has 5 nitrogen and oxygen atoms in total. The largest absolute Gasteiger partial charge is 0.324 e. The van der Waals surface area contributed by atoms with Gasteiger partial charge in [0.05, 0.1) is 17.8 Å². The SMILES string of the molecule is Cc1ccc(CC(=O)Nc2ccccc2NC(=O)CC2C=CCC2)cn1. The van der Waals surface area contributed by atoms with Gasteiger partial charge in [-0.05, 0) is 49.4 Å². The molecule has 2 N–H and O–H groups in total. The molecule has 1 aromatic heterocycles. The smallest absolute Gasteiger partial charge is 0.228 e. The summed E-state index contributed by atoms with van der Waals surface area (Å²) in [4.78, 5) is 28.8. The Labute approximate surface area is 153 Å². The minimum absolute atomic E-state index is 0.0361. The lowest BCUT2D eigenvalue weighted by Gasteiger charge is -2.13. The molecule has 2 amide bonds. The van der Waals surface area contributed by atoms with Crippen LogP contribution in [-0.4, -0.2) is 16.8 Å². The van der Waals surface area contributed by atoms with Crippen LogP contribution in [0.15, 0.2) is 54.7 Å². The van der Waals surface area contributed by atoms with E-state index in [0.29, 0.717) is 23.7 Å². The number of allylic oxidation sites excluding steroid dienone is 2. The number of aromatic nitrogens is 1. The third-order valence-corrected chi connectivity index (χ3v) is 4.37. The van der Waals surface area contributed by atoms with E-state index in [1.807, 2.05) is 31.2 Å². The van der Waals surface area contributed by atoms with Crippen LogP contribution in [0.25, 0.3) is 0 Å². The van der Waals surface area contributed by atoms with Gasteiger partial charge in [-0.2, -0.15) is 0 Å². The molecule has 1 aromatic carbocycles. The van der Waals surface area contributed by atoms with E-state index >= 15 is 0 Å². The lowest BCUT2D eigenvalue weighted by atomic mass is 10.0. The van der Waals surface area contributed by atoms with Crippen LogP contribution in [0.1, 0.15) is 30.5 Å². The first-order chi connectivity index (χ1) is 12.6. The van der Waals surface area contributed by atoms with Gasteiger partial charge in [-0.3, -0.25) is 14.6 Å². The number of nitrogens with one attached hydrogen (secondary N) is 2. The van der Waals surface area contributed by atoms with Crippen LogP contribution in [0.2, 0.25) is 0 Å². The van der Waals surface area contributed by atoms with Crippen LogP contribution in [0.5, 0.6) is 0 Å². The quantitative estimate of drug-likeness (QED) is 0.778. The summed E-state index contributed by atoms with van der Waals surface area (Å²) in [6, 6.07) is 11.0. The summed E-state index contributed by atoms with van der Waals surface area (Å²) < 4.78 is 0. The fourth-order valence-electron chi connectivity index (χ4n) is 2.99. The van der Waals surface area contributed by atoms with Crippen molar-refractivity contribution in [1.29, 1.82) is 0 Å². The van der Waals surface area contributed by atoms with E-state index < -0.39 is 0 Å². The molecule has 1 aliphatic rings. The summed E-state index contributed by atoms with van der Waals surface area (Å²) in [6.07, 6.45) is 8.69. The van der Waals surface area contributed by atoms with E-state index in [9.17, 15) is 9.59 Å². The number of pyridine rings is 1. The highest BCUT2D eigenvalue weighted by molar-refractivity contribution is 6.00. The third-order valence-electron chi connectivity index (χ3n) is 4.37. The molecule has 0 saturated carbocycles. The van der Waals surface area contributed by atoms with E-state index in [4.69, 9.17) is 0 Å². The summed E-state index contributed by atoms with van der Waals surface area (Å²) in [5, 5.41) is 5.79. The predicted molar refractivity (Wildman–Crippen MR) is 103 cm³/mol. The van der Waals surface area contributed by atoms with Gasteiger partial charge < -0.3 is 10.6 Å². The number of aryl methyl sites for hydroxylation is 1. The number of rotatable bonds is 6. The molecule has 0 fully saturated rings. The van der Waals surface area contributed by atoms with Crippen molar-refractivity contribution in [2.75, 3.05) is 10.6 Å². The number of amides is 2. The Hall–Kier alpha value is -2.95. The highest BCUT2D eigenvalue weighted by Gasteiger charge is 2.15. The van der Waals surface area contributed by atoms with Crippen LogP contribution in [0.3, 0.4) is 0 Å². The number of benzene rings is 1. The van der Waals surface area contributed by atoms with Crippen molar-refractivity contribution in [3.05, 3.63) is 66.0 Å². The molecular formula is C21H23N3O2. The Bertz CT molecular complexity index is 812. The van der Waals surface area contributed by atoms with Gasteiger partial charge in [0.1, 0.15) is 0 Å². The molecule has 134 valence electrons. The van der Waals surface area contributed by atoms with E-state index in [1.54, 1.807) is 18.3 Å². The molecule has 5 heteroatoms. The van der Waals surface area contributed by atoms with E-state index in [1.165, 1.54) is 0 Å². The summed E-state index contributed by atoms with van der Waals surface area (Å²) in [5.41, 5.74) is 2.99. The highest BCUT2D eigenvalue weighted by Crippen LogP contribution is 2.24. The molecule has 0 aliphatic heterocycles. The topological polar surface area (TPSA) is 71.1 Å². The summed E-state index contributed by atoms with van der Waals surface area (Å²) in [5.74, 6) is 0.132. The highest BCUT2D eigenvalue weighted by atomic mass is 16.2. The standard InChI is InChI=1S/C21H23N3O2/c1-15-10-11-17(14-22-15)13-21(26)24-19-9-5-4-8-18(19)23-20(25)12-16-6-2-3-7-16/h2,4-6,8-11,14,16H,3,7,12-13H2,1H3,(H,23,25)(H,24,26). The Morgan fingerprint density at radius 2 is 1.81 bits per heavy atom. The molecule has 0 bridgehead atoms. The monoisotopic (exact) mass is 349 g/mol. The summed E-state index contributed by atoms with van der Waals surface area (Å²) in [7, 11) is 0. The molecule has 1 heterocycles. The lowest BCUT2D eigenvalue weighted by Crippen LogP contribution is -2.19. The molecule has 2 aromatic rings. The number of carbonyl (C=O) groups is 2. The number of para-hydroxylation sites is 2. The van der Waals surface area contributed by atoms with Crippen molar-refractivity contribution < 1.29 is 9.59 Å². The molecule has 1 atom stereocenters. The second-order valence-corrected chi connectivity index (χ2v) is 6.60. The van der Waals surface area contributed by atoms with Crippen molar-refractivity contribution in [2.24, 2.45) is 5.92 Å². The minimum atomic E-state index is -0.143. The number of hydrogen-bond acceptors (Lipinski definition) is 3. The Balaban J connectivity index is 1.60. The number of hydrogen-bond donors (Lipinski definition) is 2. The first kappa shape index (κ1) is 17.9. The maximum absolute atomic E-state index is 12.3. The van der Waals surface area contributed by atoms with E-state index in [2.05, 4.69) is 27.8 Å². The Kier molecular flexibility index (Phi) is 5.79. The zero-order chi connectivity index (χ0) is 18.4.